The molecule has 130 valence electrons. The Morgan fingerprint density at radius 1 is 0.923 bits per heavy atom. The SMILES string of the molecule is O=C(Nc1ccc(F)cc1)c1cc(Nc2ccc3c(c2)OCO3)ccn1. The van der Waals surface area contributed by atoms with Crippen molar-refractivity contribution in [2.75, 3.05) is 17.4 Å². The van der Waals surface area contributed by atoms with Gasteiger partial charge in [0.05, 0.1) is 0 Å². The van der Waals surface area contributed by atoms with Crippen LogP contribution in [0.3, 0.4) is 0 Å². The van der Waals surface area contributed by atoms with Crippen molar-refractivity contribution in [3.63, 3.8) is 0 Å². The summed E-state index contributed by atoms with van der Waals surface area (Å²) in [4.78, 5) is 16.4. The van der Waals surface area contributed by atoms with Crippen molar-refractivity contribution in [3.05, 3.63) is 72.3 Å². The van der Waals surface area contributed by atoms with Gasteiger partial charge in [0.25, 0.3) is 5.91 Å². The van der Waals surface area contributed by atoms with Crippen LogP contribution < -0.4 is 20.1 Å². The number of hydrogen-bond donors (Lipinski definition) is 2. The minimum absolute atomic E-state index is 0.210. The molecule has 2 heterocycles. The number of aromatic nitrogens is 1. The number of benzene rings is 2. The molecule has 0 atom stereocenters. The Hall–Kier alpha value is -3.61. The number of nitrogens with one attached hydrogen (secondary N) is 2. The molecule has 26 heavy (non-hydrogen) atoms. The maximum Gasteiger partial charge on any atom is 0.274 e. The Morgan fingerprint density at radius 2 is 1.65 bits per heavy atom. The molecule has 6 nitrogen and oxygen atoms in total. The third-order valence-corrected chi connectivity index (χ3v) is 3.76. The van der Waals surface area contributed by atoms with E-state index in [4.69, 9.17) is 9.47 Å². The zero-order valence-corrected chi connectivity index (χ0v) is 13.5. The Bertz CT molecular complexity index is 960. The molecular weight excluding hydrogens is 337 g/mol. The number of carbonyl (C=O) groups excluding carboxylic acids is 1. The number of fused-ring (bicyclic) bond motifs is 1. The number of hydrogen-bond acceptors (Lipinski definition) is 5. The van der Waals surface area contributed by atoms with Crippen LogP contribution in [0.2, 0.25) is 0 Å². The van der Waals surface area contributed by atoms with E-state index in [-0.39, 0.29) is 24.2 Å². The van der Waals surface area contributed by atoms with E-state index in [0.29, 0.717) is 22.9 Å². The number of amides is 1. The first-order chi connectivity index (χ1) is 12.7. The Labute approximate surface area is 148 Å². The highest BCUT2D eigenvalue weighted by Gasteiger charge is 2.14. The van der Waals surface area contributed by atoms with Gasteiger partial charge in [0.15, 0.2) is 11.5 Å². The van der Waals surface area contributed by atoms with Crippen LogP contribution in [0.15, 0.2) is 60.8 Å². The quantitative estimate of drug-likeness (QED) is 0.745. The second-order valence-corrected chi connectivity index (χ2v) is 5.58. The van der Waals surface area contributed by atoms with E-state index in [1.807, 2.05) is 18.2 Å². The van der Waals surface area contributed by atoms with Gasteiger partial charge in [0.2, 0.25) is 6.79 Å². The molecular formula is C19H14FN3O3. The zero-order valence-electron chi connectivity index (χ0n) is 13.5. The number of carbonyl (C=O) groups is 1. The average Bonchev–Trinajstić information content (AvgIpc) is 3.12. The van der Waals surface area contributed by atoms with Gasteiger partial charge in [-0.1, -0.05) is 0 Å². The van der Waals surface area contributed by atoms with E-state index in [0.717, 1.165) is 5.69 Å². The van der Waals surface area contributed by atoms with E-state index in [1.165, 1.54) is 30.5 Å². The average molecular weight is 351 g/mol. The molecule has 7 heteroatoms. The third kappa shape index (κ3) is 3.41. The fourth-order valence-corrected chi connectivity index (χ4v) is 2.50. The van der Waals surface area contributed by atoms with Gasteiger partial charge in [-0.05, 0) is 48.5 Å². The second kappa shape index (κ2) is 6.72. The van der Waals surface area contributed by atoms with Crippen molar-refractivity contribution in [3.8, 4) is 11.5 Å². The summed E-state index contributed by atoms with van der Waals surface area (Å²) < 4.78 is 23.6. The lowest BCUT2D eigenvalue weighted by atomic mass is 10.2. The fourth-order valence-electron chi connectivity index (χ4n) is 2.50. The summed E-state index contributed by atoms with van der Waals surface area (Å²) >= 11 is 0. The van der Waals surface area contributed by atoms with Crippen molar-refractivity contribution < 1.29 is 18.7 Å². The number of halogens is 1. The van der Waals surface area contributed by atoms with Crippen LogP contribution in [0.25, 0.3) is 0 Å². The van der Waals surface area contributed by atoms with Crippen molar-refractivity contribution in [1.82, 2.24) is 4.98 Å². The fraction of sp³-hybridized carbons (Fsp3) is 0.0526. The molecule has 4 rings (SSSR count). The van der Waals surface area contributed by atoms with Gasteiger partial charge in [-0.25, -0.2) is 4.39 Å². The van der Waals surface area contributed by atoms with Crippen molar-refractivity contribution >= 4 is 23.0 Å². The Morgan fingerprint density at radius 3 is 2.50 bits per heavy atom. The summed E-state index contributed by atoms with van der Waals surface area (Å²) in [5.41, 5.74) is 2.22. The molecule has 0 fully saturated rings. The topological polar surface area (TPSA) is 72.5 Å². The van der Waals surface area contributed by atoms with Gasteiger partial charge in [0, 0.05) is 29.3 Å². The lowest BCUT2D eigenvalue weighted by molar-refractivity contribution is 0.102. The lowest BCUT2D eigenvalue weighted by Crippen LogP contribution is -2.13. The van der Waals surface area contributed by atoms with Gasteiger partial charge in [0.1, 0.15) is 11.5 Å². The minimum Gasteiger partial charge on any atom is -0.454 e. The molecule has 1 aliphatic heterocycles. The smallest absolute Gasteiger partial charge is 0.274 e. The Balaban J connectivity index is 1.49. The van der Waals surface area contributed by atoms with Crippen LogP contribution in [0, 0.1) is 5.82 Å². The summed E-state index contributed by atoms with van der Waals surface area (Å²) in [5, 5.41) is 5.87. The van der Waals surface area contributed by atoms with Crippen molar-refractivity contribution in [2.45, 2.75) is 0 Å². The van der Waals surface area contributed by atoms with E-state index in [2.05, 4.69) is 15.6 Å². The standard InChI is InChI=1S/C19H14FN3O3/c20-12-1-3-13(4-2-12)23-19(24)16-9-15(7-8-21-16)22-14-5-6-17-18(10-14)26-11-25-17/h1-10H,11H2,(H,21,22)(H,23,24). The Kier molecular flexibility index (Phi) is 4.10. The maximum atomic E-state index is 12.9. The second-order valence-electron chi connectivity index (χ2n) is 5.58. The molecule has 0 unspecified atom stereocenters. The van der Waals surface area contributed by atoms with Crippen molar-refractivity contribution in [1.29, 1.82) is 0 Å². The molecule has 1 aromatic heterocycles. The number of anilines is 3. The zero-order chi connectivity index (χ0) is 17.9. The monoisotopic (exact) mass is 351 g/mol. The molecule has 1 amide bonds. The largest absolute Gasteiger partial charge is 0.454 e. The molecule has 1 aliphatic rings. The van der Waals surface area contributed by atoms with E-state index in [1.54, 1.807) is 12.1 Å². The summed E-state index contributed by atoms with van der Waals surface area (Å²) in [5.74, 6) is 0.616. The predicted molar refractivity (Wildman–Crippen MR) is 94.4 cm³/mol. The molecule has 0 spiro atoms. The van der Waals surface area contributed by atoms with Gasteiger partial charge >= 0.3 is 0 Å². The van der Waals surface area contributed by atoms with E-state index >= 15 is 0 Å². The lowest BCUT2D eigenvalue weighted by Gasteiger charge is -2.09. The molecule has 3 aromatic rings. The number of ether oxygens (including phenoxy) is 2. The molecule has 2 N–H and O–H groups in total. The van der Waals surface area contributed by atoms with Crippen LogP contribution in [0.1, 0.15) is 10.5 Å². The molecule has 0 radical (unpaired) electrons. The van der Waals surface area contributed by atoms with Gasteiger partial charge < -0.3 is 20.1 Å². The van der Waals surface area contributed by atoms with Crippen LogP contribution >= 0.6 is 0 Å². The highest BCUT2D eigenvalue weighted by molar-refractivity contribution is 6.03. The minimum atomic E-state index is -0.383. The summed E-state index contributed by atoms with van der Waals surface area (Å²) in [6, 6.07) is 14.4. The predicted octanol–water partition coefficient (Wildman–Crippen LogP) is 3.95. The van der Waals surface area contributed by atoms with E-state index < -0.39 is 0 Å². The third-order valence-electron chi connectivity index (χ3n) is 3.76. The maximum absolute atomic E-state index is 12.9. The molecule has 0 saturated heterocycles. The molecule has 0 aliphatic carbocycles. The summed E-state index contributed by atoms with van der Waals surface area (Å²) in [6.07, 6.45) is 1.54. The van der Waals surface area contributed by atoms with Gasteiger partial charge in [-0.3, -0.25) is 9.78 Å². The van der Waals surface area contributed by atoms with Crippen LogP contribution in [-0.4, -0.2) is 17.7 Å². The highest BCUT2D eigenvalue weighted by atomic mass is 19.1. The van der Waals surface area contributed by atoms with Gasteiger partial charge in [-0.15, -0.1) is 0 Å². The number of rotatable bonds is 4. The highest BCUT2D eigenvalue weighted by Crippen LogP contribution is 2.35. The molecule has 2 aromatic carbocycles. The first-order valence-electron chi connectivity index (χ1n) is 7.87. The van der Waals surface area contributed by atoms with Crippen LogP contribution in [-0.2, 0) is 0 Å². The summed E-state index contributed by atoms with van der Waals surface area (Å²) in [7, 11) is 0. The van der Waals surface area contributed by atoms with Crippen LogP contribution in [0.5, 0.6) is 11.5 Å². The first kappa shape index (κ1) is 15.9. The summed E-state index contributed by atoms with van der Waals surface area (Å²) in [6.45, 7) is 0.210. The first-order valence-corrected chi connectivity index (χ1v) is 7.87. The van der Waals surface area contributed by atoms with Crippen molar-refractivity contribution in [2.24, 2.45) is 0 Å². The normalized spacial score (nSPS) is 11.9. The number of pyridine rings is 1. The van der Waals surface area contributed by atoms with E-state index in [9.17, 15) is 9.18 Å². The number of nitrogens with zero attached hydrogens (tertiary/aromatic N) is 1. The molecule has 0 bridgehead atoms. The van der Waals surface area contributed by atoms with Crippen LogP contribution in [0.4, 0.5) is 21.5 Å². The molecule has 0 saturated carbocycles. The van der Waals surface area contributed by atoms with Gasteiger partial charge in [-0.2, -0.15) is 0 Å².